The third-order valence-corrected chi connectivity index (χ3v) is 5.51. The number of hydrogen-bond acceptors (Lipinski definition) is 3. The molecule has 1 aromatic rings. The average molecular weight is 319 g/mol. The second kappa shape index (κ2) is 5.20. The van der Waals surface area contributed by atoms with E-state index in [2.05, 4.69) is 10.9 Å². The van der Waals surface area contributed by atoms with E-state index in [-0.39, 0.29) is 17.2 Å². The maximum absolute atomic E-state index is 12.2. The number of carbonyl (C=O) groups excluding carboxylic acids is 1. The second-order valence-corrected chi connectivity index (χ2v) is 7.24. The first-order chi connectivity index (χ1) is 10.6. The molecule has 4 bridgehead atoms. The van der Waals surface area contributed by atoms with Gasteiger partial charge in [0.05, 0.1) is 5.56 Å². The van der Waals surface area contributed by atoms with Crippen molar-refractivity contribution in [1.29, 1.82) is 0 Å². The van der Waals surface area contributed by atoms with E-state index in [1.165, 1.54) is 55.5 Å². The van der Waals surface area contributed by atoms with Crippen molar-refractivity contribution in [1.82, 2.24) is 10.9 Å². The van der Waals surface area contributed by atoms with Gasteiger partial charge < -0.3 is 10.5 Å². The molecule has 2 atom stereocenters. The summed E-state index contributed by atoms with van der Waals surface area (Å²) < 4.78 is 0. The van der Waals surface area contributed by atoms with Crippen LogP contribution in [0.15, 0.2) is 29.5 Å². The lowest BCUT2D eigenvalue weighted by molar-refractivity contribution is 0.0922. The number of benzene rings is 1. The zero-order valence-corrected chi connectivity index (χ0v) is 13.0. The molecule has 4 aliphatic carbocycles. The van der Waals surface area contributed by atoms with E-state index in [1.807, 2.05) is 0 Å². The van der Waals surface area contributed by atoms with Crippen LogP contribution in [0.1, 0.15) is 42.5 Å². The lowest BCUT2D eigenvalue weighted by Gasteiger charge is -2.47. The second-order valence-electron chi connectivity index (χ2n) is 6.80. The molecule has 22 heavy (non-hydrogen) atoms. The van der Waals surface area contributed by atoms with Crippen LogP contribution >= 0.6 is 11.6 Å². The van der Waals surface area contributed by atoms with E-state index in [9.17, 15) is 9.90 Å². The Hall–Kier alpha value is -1.68. The zero-order valence-electron chi connectivity index (χ0n) is 12.2. The highest BCUT2D eigenvalue weighted by Gasteiger charge is 2.41. The molecule has 5 heteroatoms. The number of carbonyl (C=O) groups is 1. The van der Waals surface area contributed by atoms with Gasteiger partial charge in [0.15, 0.2) is 0 Å². The van der Waals surface area contributed by atoms with Crippen LogP contribution in [-0.2, 0) is 0 Å². The van der Waals surface area contributed by atoms with Gasteiger partial charge in [-0.15, -0.1) is 0 Å². The monoisotopic (exact) mass is 318 g/mol. The standard InChI is InChI=1S/C17H19ClN2O2/c18-13-1-2-15(21)14(8-13)17(22)20-19-16-11-4-9-3-10(6-11)7-12(16)5-9/h1-2,8-11,19,21H,3-7H2,(H,20,22). The Bertz CT molecular complexity index is 655. The highest BCUT2D eigenvalue weighted by molar-refractivity contribution is 6.31. The van der Waals surface area contributed by atoms with E-state index in [0.29, 0.717) is 10.9 Å². The minimum Gasteiger partial charge on any atom is -0.507 e. The van der Waals surface area contributed by atoms with Crippen molar-refractivity contribution in [3.63, 3.8) is 0 Å². The lowest BCUT2D eigenvalue weighted by atomic mass is 9.60. The molecule has 0 heterocycles. The average Bonchev–Trinajstić information content (AvgIpc) is 2.48. The number of allylic oxidation sites excluding steroid dienone is 2. The number of aromatic hydroxyl groups is 1. The first-order valence-corrected chi connectivity index (χ1v) is 8.24. The summed E-state index contributed by atoms with van der Waals surface area (Å²) in [7, 11) is 0. The first kappa shape index (κ1) is 13.9. The Kier molecular flexibility index (Phi) is 3.30. The Morgan fingerprint density at radius 2 is 1.91 bits per heavy atom. The van der Waals surface area contributed by atoms with Gasteiger partial charge in [0, 0.05) is 16.6 Å². The van der Waals surface area contributed by atoms with Crippen LogP contribution in [0.4, 0.5) is 0 Å². The van der Waals surface area contributed by atoms with Crippen molar-refractivity contribution in [3.8, 4) is 5.75 Å². The van der Waals surface area contributed by atoms with Gasteiger partial charge in [-0.05, 0) is 67.7 Å². The number of rotatable bonds is 3. The number of amides is 1. The quantitative estimate of drug-likeness (QED) is 0.749. The normalized spacial score (nSPS) is 28.9. The van der Waals surface area contributed by atoms with E-state index < -0.39 is 0 Å². The smallest absolute Gasteiger partial charge is 0.273 e. The van der Waals surface area contributed by atoms with Crippen LogP contribution in [0.3, 0.4) is 0 Å². The van der Waals surface area contributed by atoms with Gasteiger partial charge in [-0.25, -0.2) is 0 Å². The van der Waals surface area contributed by atoms with E-state index >= 15 is 0 Å². The van der Waals surface area contributed by atoms with Crippen LogP contribution in [0.2, 0.25) is 5.02 Å². The summed E-state index contributed by atoms with van der Waals surface area (Å²) in [6, 6.07) is 4.47. The Labute approximate surface area is 134 Å². The van der Waals surface area contributed by atoms with Crippen molar-refractivity contribution in [2.24, 2.45) is 17.8 Å². The summed E-state index contributed by atoms with van der Waals surface area (Å²) >= 11 is 5.89. The van der Waals surface area contributed by atoms with Gasteiger partial charge in [0.1, 0.15) is 5.75 Å². The van der Waals surface area contributed by atoms with Crippen LogP contribution in [0.5, 0.6) is 5.75 Å². The van der Waals surface area contributed by atoms with Crippen LogP contribution in [0.25, 0.3) is 0 Å². The Balaban J connectivity index is 1.49. The van der Waals surface area contributed by atoms with E-state index in [1.54, 1.807) is 6.07 Å². The molecule has 1 aromatic carbocycles. The van der Waals surface area contributed by atoms with Crippen molar-refractivity contribution in [2.75, 3.05) is 0 Å². The number of phenolic OH excluding ortho intramolecular Hbond substituents is 1. The van der Waals surface area contributed by atoms with Gasteiger partial charge in [0.25, 0.3) is 5.91 Å². The molecule has 2 fully saturated rings. The highest BCUT2D eigenvalue weighted by atomic mass is 35.5. The number of nitrogens with one attached hydrogen (secondary N) is 2. The predicted octanol–water partition coefficient (Wildman–Crippen LogP) is 3.37. The third kappa shape index (κ3) is 2.35. The van der Waals surface area contributed by atoms with Crippen LogP contribution in [0, 0.1) is 17.8 Å². The van der Waals surface area contributed by atoms with Gasteiger partial charge in [-0.2, -0.15) is 0 Å². The van der Waals surface area contributed by atoms with E-state index in [0.717, 1.165) is 11.8 Å². The number of hydrogen-bond donors (Lipinski definition) is 3. The summed E-state index contributed by atoms with van der Waals surface area (Å²) in [5.74, 6) is 1.85. The molecular formula is C17H19ClN2O2. The summed E-state index contributed by atoms with van der Waals surface area (Å²) in [6.07, 6.45) is 6.21. The molecule has 1 amide bonds. The SMILES string of the molecule is O=C(NNC1=C2CC3CC(C2)CC1C3)c1cc(Cl)ccc1O. The van der Waals surface area contributed by atoms with Gasteiger partial charge in [-0.3, -0.25) is 10.2 Å². The molecule has 116 valence electrons. The minimum absolute atomic E-state index is 0.0635. The van der Waals surface area contributed by atoms with Crippen LogP contribution < -0.4 is 10.9 Å². The fraction of sp³-hybridized carbons (Fsp3) is 0.471. The maximum Gasteiger partial charge on any atom is 0.273 e. The number of phenols is 1. The summed E-state index contributed by atoms with van der Waals surface area (Å²) in [6.45, 7) is 0. The fourth-order valence-corrected chi connectivity index (χ4v) is 4.67. The fourth-order valence-electron chi connectivity index (χ4n) is 4.49. The van der Waals surface area contributed by atoms with Gasteiger partial charge in [-0.1, -0.05) is 11.6 Å². The van der Waals surface area contributed by atoms with Gasteiger partial charge >= 0.3 is 0 Å². The first-order valence-electron chi connectivity index (χ1n) is 7.87. The summed E-state index contributed by atoms with van der Waals surface area (Å²) in [5.41, 5.74) is 8.75. The van der Waals surface area contributed by atoms with E-state index in [4.69, 9.17) is 11.6 Å². The minimum atomic E-state index is -0.359. The Morgan fingerprint density at radius 1 is 1.18 bits per heavy atom. The highest BCUT2D eigenvalue weighted by Crippen LogP contribution is 2.52. The van der Waals surface area contributed by atoms with Crippen molar-refractivity contribution < 1.29 is 9.90 Å². The summed E-state index contributed by atoms with van der Waals surface area (Å²) in [5, 5.41) is 10.2. The molecule has 5 rings (SSSR count). The van der Waals surface area contributed by atoms with Crippen molar-refractivity contribution in [2.45, 2.75) is 32.1 Å². The molecule has 3 N–H and O–H groups in total. The van der Waals surface area contributed by atoms with Crippen LogP contribution in [-0.4, -0.2) is 11.0 Å². The largest absolute Gasteiger partial charge is 0.507 e. The molecule has 2 unspecified atom stereocenters. The molecule has 0 saturated heterocycles. The van der Waals surface area contributed by atoms with Crippen molar-refractivity contribution >= 4 is 17.5 Å². The Morgan fingerprint density at radius 3 is 2.59 bits per heavy atom. The molecule has 0 aromatic heterocycles. The lowest BCUT2D eigenvalue weighted by Crippen LogP contribution is -2.45. The molecule has 2 saturated carbocycles. The molecule has 0 spiro atoms. The number of hydrazine groups is 1. The molecule has 0 aliphatic heterocycles. The maximum atomic E-state index is 12.2. The molecule has 4 nitrogen and oxygen atoms in total. The zero-order chi connectivity index (χ0) is 15.3. The predicted molar refractivity (Wildman–Crippen MR) is 84.3 cm³/mol. The topological polar surface area (TPSA) is 61.4 Å². The molecular weight excluding hydrogens is 300 g/mol. The molecule has 4 aliphatic rings. The van der Waals surface area contributed by atoms with Gasteiger partial charge in [0.2, 0.25) is 0 Å². The summed E-state index contributed by atoms with van der Waals surface area (Å²) in [4.78, 5) is 12.2. The molecule has 0 radical (unpaired) electrons. The number of halogens is 1. The van der Waals surface area contributed by atoms with Crippen molar-refractivity contribution in [3.05, 3.63) is 40.1 Å². The third-order valence-electron chi connectivity index (χ3n) is 5.28.